The number of benzene rings is 1. The number of hydrogen-bond acceptors (Lipinski definition) is 3. The summed E-state index contributed by atoms with van der Waals surface area (Å²) in [6.45, 7) is 5.06. The predicted octanol–water partition coefficient (Wildman–Crippen LogP) is 3.00. The van der Waals surface area contributed by atoms with Gasteiger partial charge in [0.05, 0.1) is 17.8 Å². The lowest BCUT2D eigenvalue weighted by atomic mass is 9.91. The molecule has 0 unspecified atom stereocenters. The molecule has 0 radical (unpaired) electrons. The van der Waals surface area contributed by atoms with Crippen LogP contribution in [0.15, 0.2) is 24.3 Å². The van der Waals surface area contributed by atoms with Crippen molar-refractivity contribution >= 4 is 0 Å². The van der Waals surface area contributed by atoms with Crippen molar-refractivity contribution in [1.82, 2.24) is 9.80 Å². The van der Waals surface area contributed by atoms with Crippen molar-refractivity contribution < 1.29 is 17.9 Å². The highest BCUT2D eigenvalue weighted by Gasteiger charge is 2.39. The molecule has 2 aliphatic rings. The molecule has 23 heavy (non-hydrogen) atoms. The van der Waals surface area contributed by atoms with Crippen LogP contribution in [0.25, 0.3) is 0 Å². The molecule has 0 aliphatic carbocycles. The highest BCUT2D eigenvalue weighted by molar-refractivity contribution is 5.24. The average Bonchev–Trinajstić information content (AvgIpc) is 2.46. The zero-order valence-corrected chi connectivity index (χ0v) is 13.4. The van der Waals surface area contributed by atoms with Crippen LogP contribution in [0, 0.1) is 0 Å². The standard InChI is InChI=1S/C17H23F3N2O/c1-21-8-2-7-16(12-21)13-22(9-10-23-16)11-14-3-5-15(6-4-14)17(18,19)20/h3-6H,2,7-13H2,1H3/t16-/m1/s1. The third kappa shape index (κ3) is 4.05. The van der Waals surface area contributed by atoms with Gasteiger partial charge in [-0.2, -0.15) is 13.2 Å². The Labute approximate surface area is 135 Å². The van der Waals surface area contributed by atoms with Gasteiger partial charge in [-0.25, -0.2) is 0 Å². The molecule has 2 heterocycles. The zero-order valence-electron chi connectivity index (χ0n) is 13.4. The number of halogens is 3. The van der Waals surface area contributed by atoms with Gasteiger partial charge in [-0.05, 0) is 44.1 Å². The van der Waals surface area contributed by atoms with E-state index in [-0.39, 0.29) is 5.60 Å². The van der Waals surface area contributed by atoms with Crippen molar-refractivity contribution in [2.75, 3.05) is 39.8 Å². The first-order valence-corrected chi connectivity index (χ1v) is 8.07. The third-order valence-corrected chi connectivity index (χ3v) is 4.75. The maximum atomic E-state index is 12.6. The minimum absolute atomic E-state index is 0.114. The van der Waals surface area contributed by atoms with Gasteiger partial charge in [0.15, 0.2) is 0 Å². The molecule has 1 aromatic rings. The normalized spacial score (nSPS) is 27.5. The lowest BCUT2D eigenvalue weighted by Crippen LogP contribution is -2.58. The second-order valence-corrected chi connectivity index (χ2v) is 6.78. The Morgan fingerprint density at radius 1 is 1.13 bits per heavy atom. The maximum absolute atomic E-state index is 12.6. The Morgan fingerprint density at radius 3 is 2.52 bits per heavy atom. The van der Waals surface area contributed by atoms with E-state index in [1.54, 1.807) is 12.1 Å². The first-order valence-electron chi connectivity index (χ1n) is 8.07. The SMILES string of the molecule is CN1CCC[C@@]2(C1)CN(Cc1ccc(C(F)(F)F)cc1)CCO2. The van der Waals surface area contributed by atoms with Crippen LogP contribution in [-0.4, -0.2) is 55.2 Å². The van der Waals surface area contributed by atoms with Gasteiger partial charge in [-0.1, -0.05) is 12.1 Å². The molecule has 0 saturated carbocycles. The van der Waals surface area contributed by atoms with Crippen LogP contribution < -0.4 is 0 Å². The van der Waals surface area contributed by atoms with Crippen molar-refractivity contribution in [3.63, 3.8) is 0 Å². The van der Waals surface area contributed by atoms with E-state index < -0.39 is 11.7 Å². The summed E-state index contributed by atoms with van der Waals surface area (Å²) in [5.74, 6) is 0. The smallest absolute Gasteiger partial charge is 0.371 e. The van der Waals surface area contributed by atoms with E-state index in [4.69, 9.17) is 4.74 Å². The van der Waals surface area contributed by atoms with Gasteiger partial charge in [0.25, 0.3) is 0 Å². The third-order valence-electron chi connectivity index (χ3n) is 4.75. The first kappa shape index (κ1) is 16.7. The Morgan fingerprint density at radius 2 is 1.87 bits per heavy atom. The van der Waals surface area contributed by atoms with E-state index >= 15 is 0 Å². The van der Waals surface area contributed by atoms with Crippen molar-refractivity contribution in [2.45, 2.75) is 31.2 Å². The number of alkyl halides is 3. The van der Waals surface area contributed by atoms with E-state index in [9.17, 15) is 13.2 Å². The number of likely N-dealkylation sites (tertiary alicyclic amines) is 1. The van der Waals surface area contributed by atoms with Crippen LogP contribution in [-0.2, 0) is 17.5 Å². The van der Waals surface area contributed by atoms with E-state index in [0.29, 0.717) is 13.2 Å². The summed E-state index contributed by atoms with van der Waals surface area (Å²) in [6.07, 6.45) is -2.08. The largest absolute Gasteiger partial charge is 0.416 e. The number of nitrogens with zero attached hydrogens (tertiary/aromatic N) is 2. The van der Waals surface area contributed by atoms with Gasteiger partial charge in [0.2, 0.25) is 0 Å². The molecule has 128 valence electrons. The number of ether oxygens (including phenoxy) is 1. The van der Waals surface area contributed by atoms with Gasteiger partial charge < -0.3 is 9.64 Å². The lowest BCUT2D eigenvalue weighted by Gasteiger charge is -2.47. The van der Waals surface area contributed by atoms with Crippen LogP contribution in [0.2, 0.25) is 0 Å². The van der Waals surface area contributed by atoms with Crippen LogP contribution in [0.5, 0.6) is 0 Å². The van der Waals surface area contributed by atoms with Crippen molar-refractivity contribution in [2.24, 2.45) is 0 Å². The topological polar surface area (TPSA) is 15.7 Å². The molecular weight excluding hydrogens is 305 g/mol. The fourth-order valence-corrected chi connectivity index (χ4v) is 3.68. The number of rotatable bonds is 2. The molecule has 2 fully saturated rings. The minimum Gasteiger partial charge on any atom is -0.371 e. The number of likely N-dealkylation sites (N-methyl/N-ethyl adjacent to an activating group) is 1. The zero-order chi connectivity index (χ0) is 16.5. The Bertz CT molecular complexity index is 528. The van der Waals surface area contributed by atoms with Crippen molar-refractivity contribution in [1.29, 1.82) is 0 Å². The molecule has 2 saturated heterocycles. The Balaban J connectivity index is 1.63. The summed E-state index contributed by atoms with van der Waals surface area (Å²) in [4.78, 5) is 4.59. The summed E-state index contributed by atoms with van der Waals surface area (Å²) in [5.41, 5.74) is 0.213. The molecule has 3 rings (SSSR count). The summed E-state index contributed by atoms with van der Waals surface area (Å²) < 4.78 is 43.9. The van der Waals surface area contributed by atoms with E-state index in [0.717, 1.165) is 44.6 Å². The minimum atomic E-state index is -4.27. The Hall–Kier alpha value is -1.11. The lowest BCUT2D eigenvalue weighted by molar-refractivity contribution is -0.138. The molecule has 1 spiro atoms. The van der Waals surface area contributed by atoms with Crippen LogP contribution >= 0.6 is 0 Å². The molecule has 0 N–H and O–H groups in total. The van der Waals surface area contributed by atoms with Crippen LogP contribution in [0.3, 0.4) is 0 Å². The van der Waals surface area contributed by atoms with E-state index in [1.165, 1.54) is 12.1 Å². The van der Waals surface area contributed by atoms with Gasteiger partial charge >= 0.3 is 6.18 Å². The summed E-state index contributed by atoms with van der Waals surface area (Å²) in [5, 5.41) is 0. The second kappa shape index (κ2) is 6.42. The number of piperidine rings is 1. The van der Waals surface area contributed by atoms with Gasteiger partial charge in [0.1, 0.15) is 0 Å². The average molecular weight is 328 g/mol. The summed E-state index contributed by atoms with van der Waals surface area (Å²) in [6, 6.07) is 5.50. The fourth-order valence-electron chi connectivity index (χ4n) is 3.68. The second-order valence-electron chi connectivity index (χ2n) is 6.78. The summed E-state index contributed by atoms with van der Waals surface area (Å²) >= 11 is 0. The molecule has 6 heteroatoms. The number of morpholine rings is 1. The Kier molecular flexibility index (Phi) is 4.67. The molecule has 0 aromatic heterocycles. The molecule has 1 atom stereocenters. The summed E-state index contributed by atoms with van der Waals surface area (Å²) in [7, 11) is 2.11. The highest BCUT2D eigenvalue weighted by Crippen LogP contribution is 2.31. The molecular formula is C17H23F3N2O. The van der Waals surface area contributed by atoms with Gasteiger partial charge in [0, 0.05) is 26.2 Å². The van der Waals surface area contributed by atoms with Gasteiger partial charge in [-0.3, -0.25) is 4.90 Å². The molecule has 0 amide bonds. The molecule has 1 aromatic carbocycles. The van der Waals surface area contributed by atoms with Crippen LogP contribution in [0.4, 0.5) is 13.2 Å². The van der Waals surface area contributed by atoms with E-state index in [2.05, 4.69) is 16.8 Å². The first-order chi connectivity index (χ1) is 10.9. The molecule has 3 nitrogen and oxygen atoms in total. The molecule has 0 bridgehead atoms. The van der Waals surface area contributed by atoms with Crippen molar-refractivity contribution in [3.05, 3.63) is 35.4 Å². The fraction of sp³-hybridized carbons (Fsp3) is 0.647. The number of hydrogen-bond donors (Lipinski definition) is 0. The van der Waals surface area contributed by atoms with Gasteiger partial charge in [-0.15, -0.1) is 0 Å². The van der Waals surface area contributed by atoms with Crippen LogP contribution in [0.1, 0.15) is 24.0 Å². The quantitative estimate of drug-likeness (QED) is 0.830. The van der Waals surface area contributed by atoms with Crippen molar-refractivity contribution in [3.8, 4) is 0 Å². The monoisotopic (exact) mass is 328 g/mol. The van der Waals surface area contributed by atoms with E-state index in [1.807, 2.05) is 0 Å². The maximum Gasteiger partial charge on any atom is 0.416 e. The predicted molar refractivity (Wildman–Crippen MR) is 82.1 cm³/mol. The highest BCUT2D eigenvalue weighted by atomic mass is 19.4. The molecule has 2 aliphatic heterocycles.